The zero-order chi connectivity index (χ0) is 22.6. The van der Waals surface area contributed by atoms with Gasteiger partial charge in [-0.15, -0.1) is 0 Å². The second-order valence-corrected chi connectivity index (χ2v) is 10.5. The molecule has 4 rings (SSSR count). The van der Waals surface area contributed by atoms with Crippen LogP contribution in [0.3, 0.4) is 0 Å². The first-order valence-electron chi connectivity index (χ1n) is 11.8. The van der Waals surface area contributed by atoms with Crippen molar-refractivity contribution in [2.24, 2.45) is 34.5 Å². The van der Waals surface area contributed by atoms with Crippen molar-refractivity contribution in [2.75, 3.05) is 13.2 Å². The van der Waals surface area contributed by atoms with Crippen LogP contribution in [-0.2, 0) is 23.9 Å². The van der Waals surface area contributed by atoms with Gasteiger partial charge < -0.3 is 9.47 Å². The molecule has 0 aromatic rings. The monoisotopic (exact) mass is 428 g/mol. The molecule has 5 heteroatoms. The number of hydrogen-bond donors (Lipinski definition) is 0. The van der Waals surface area contributed by atoms with E-state index in [0.29, 0.717) is 37.3 Å². The van der Waals surface area contributed by atoms with Gasteiger partial charge in [-0.2, -0.15) is 0 Å². The van der Waals surface area contributed by atoms with Crippen LogP contribution in [0.5, 0.6) is 0 Å². The summed E-state index contributed by atoms with van der Waals surface area (Å²) < 4.78 is 11.4. The number of Topliss-reactive ketones (excluding diaryl/α,β-unsaturated/α-hetero) is 1. The topological polar surface area (TPSA) is 69.7 Å². The lowest BCUT2D eigenvalue weighted by Gasteiger charge is -2.58. The number of rotatable bonds is 5. The van der Waals surface area contributed by atoms with Crippen molar-refractivity contribution < 1.29 is 23.9 Å². The first kappa shape index (κ1) is 22.4. The molecule has 3 saturated carbocycles. The van der Waals surface area contributed by atoms with E-state index in [2.05, 4.69) is 20.8 Å². The predicted molar refractivity (Wildman–Crippen MR) is 117 cm³/mol. The zero-order valence-electron chi connectivity index (χ0n) is 19.5. The minimum absolute atomic E-state index is 0.00983. The molecular weight excluding hydrogens is 392 g/mol. The molecule has 0 aliphatic heterocycles. The van der Waals surface area contributed by atoms with Gasteiger partial charge in [0.25, 0.3) is 0 Å². The lowest BCUT2D eigenvalue weighted by atomic mass is 9.46. The molecule has 0 N–H and O–H groups in total. The SMILES string of the molecule is CCOC[C@H](OC(C)=O)[C@H]1CC(=O)[C@@]2(C)CC[C@H]3[C@@H](CCC4=CC(=O)C=C(C)[C@@]43C)[C@H]12. The van der Waals surface area contributed by atoms with Gasteiger partial charge in [-0.1, -0.05) is 25.0 Å². The average molecular weight is 429 g/mol. The van der Waals surface area contributed by atoms with Crippen LogP contribution in [0.15, 0.2) is 23.3 Å². The maximum atomic E-state index is 13.3. The summed E-state index contributed by atoms with van der Waals surface area (Å²) in [5, 5.41) is 0. The smallest absolute Gasteiger partial charge is 0.302 e. The van der Waals surface area contributed by atoms with E-state index in [1.165, 1.54) is 12.5 Å². The van der Waals surface area contributed by atoms with Crippen molar-refractivity contribution in [1.82, 2.24) is 0 Å². The van der Waals surface area contributed by atoms with E-state index in [9.17, 15) is 14.4 Å². The van der Waals surface area contributed by atoms with Gasteiger partial charge in [-0.05, 0) is 69.4 Å². The highest BCUT2D eigenvalue weighted by atomic mass is 16.6. The Labute approximate surface area is 185 Å². The summed E-state index contributed by atoms with van der Waals surface area (Å²) in [7, 11) is 0. The number of carbonyl (C=O) groups excluding carboxylic acids is 3. The van der Waals surface area contributed by atoms with Gasteiger partial charge in [0.2, 0.25) is 0 Å². The third kappa shape index (κ3) is 3.44. The molecule has 0 spiro atoms. The second-order valence-electron chi connectivity index (χ2n) is 10.5. The Kier molecular flexibility index (Phi) is 5.78. The molecule has 4 aliphatic rings. The van der Waals surface area contributed by atoms with E-state index < -0.39 is 0 Å². The number of ether oxygens (including phenoxy) is 2. The fourth-order valence-corrected chi connectivity index (χ4v) is 7.57. The molecule has 0 heterocycles. The van der Waals surface area contributed by atoms with E-state index in [1.807, 2.05) is 13.0 Å². The van der Waals surface area contributed by atoms with Gasteiger partial charge in [0.05, 0.1) is 6.61 Å². The van der Waals surface area contributed by atoms with Crippen molar-refractivity contribution in [1.29, 1.82) is 0 Å². The van der Waals surface area contributed by atoms with E-state index in [-0.39, 0.29) is 40.5 Å². The van der Waals surface area contributed by atoms with Crippen molar-refractivity contribution >= 4 is 17.5 Å². The van der Waals surface area contributed by atoms with Gasteiger partial charge in [0, 0.05) is 36.7 Å². The first-order chi connectivity index (χ1) is 14.6. The summed E-state index contributed by atoms with van der Waals surface area (Å²) in [6.07, 6.45) is 7.46. The van der Waals surface area contributed by atoms with Crippen molar-refractivity contribution in [3.8, 4) is 0 Å². The van der Waals surface area contributed by atoms with Crippen LogP contribution >= 0.6 is 0 Å². The quantitative estimate of drug-likeness (QED) is 0.605. The number of allylic oxidation sites excluding steroid dienone is 4. The van der Waals surface area contributed by atoms with Crippen LogP contribution in [0.25, 0.3) is 0 Å². The highest BCUT2D eigenvalue weighted by molar-refractivity contribution is 6.02. The number of ketones is 2. The molecule has 0 unspecified atom stereocenters. The number of esters is 1. The van der Waals surface area contributed by atoms with Crippen LogP contribution in [0.4, 0.5) is 0 Å². The van der Waals surface area contributed by atoms with Crippen molar-refractivity contribution in [2.45, 2.75) is 72.8 Å². The molecule has 31 heavy (non-hydrogen) atoms. The first-order valence-corrected chi connectivity index (χ1v) is 11.8. The number of fused-ring (bicyclic) bond motifs is 5. The minimum atomic E-state index is -0.388. The molecule has 0 radical (unpaired) electrons. The number of hydrogen-bond acceptors (Lipinski definition) is 5. The van der Waals surface area contributed by atoms with Gasteiger partial charge in [0.15, 0.2) is 5.78 Å². The fraction of sp³-hybridized carbons (Fsp3) is 0.731. The largest absolute Gasteiger partial charge is 0.460 e. The third-order valence-corrected chi connectivity index (χ3v) is 9.14. The summed E-state index contributed by atoms with van der Waals surface area (Å²) in [6.45, 7) is 10.8. The minimum Gasteiger partial charge on any atom is -0.460 e. The molecule has 0 amide bonds. The summed E-state index contributed by atoms with van der Waals surface area (Å²) >= 11 is 0. The lowest BCUT2D eigenvalue weighted by Crippen LogP contribution is -2.53. The van der Waals surface area contributed by atoms with Crippen LogP contribution in [0.1, 0.15) is 66.7 Å². The Morgan fingerprint density at radius 1 is 1.23 bits per heavy atom. The molecule has 0 saturated heterocycles. The van der Waals surface area contributed by atoms with E-state index >= 15 is 0 Å². The second kappa shape index (κ2) is 7.99. The predicted octanol–water partition coefficient (Wildman–Crippen LogP) is 4.45. The molecule has 4 aliphatic carbocycles. The Morgan fingerprint density at radius 2 is 1.97 bits per heavy atom. The molecule has 170 valence electrons. The van der Waals surface area contributed by atoms with Gasteiger partial charge >= 0.3 is 5.97 Å². The standard InChI is InChI=1S/C26H36O5/c1-6-30-14-22(31-16(3)27)20-13-23(29)25(4)10-9-21-19(24(20)25)8-7-17-12-18(28)11-15(2)26(17,21)5/h11-12,19-22,24H,6-10,13-14H2,1-5H3/t19-,20-,21+,22+,24-,25-,26+/m1/s1. The van der Waals surface area contributed by atoms with Crippen LogP contribution in [0, 0.1) is 34.5 Å². The summed E-state index contributed by atoms with van der Waals surface area (Å²) in [5.41, 5.74) is 1.93. The highest BCUT2D eigenvalue weighted by Crippen LogP contribution is 2.66. The molecule has 7 atom stereocenters. The number of carbonyl (C=O) groups is 3. The fourth-order valence-electron chi connectivity index (χ4n) is 7.57. The summed E-state index contributed by atoms with van der Waals surface area (Å²) in [5.74, 6) is 1.03. The molecule has 3 fully saturated rings. The van der Waals surface area contributed by atoms with Crippen LogP contribution in [0.2, 0.25) is 0 Å². The lowest BCUT2D eigenvalue weighted by molar-refractivity contribution is -0.157. The highest BCUT2D eigenvalue weighted by Gasteiger charge is 2.63. The van der Waals surface area contributed by atoms with Crippen molar-refractivity contribution in [3.63, 3.8) is 0 Å². The van der Waals surface area contributed by atoms with Gasteiger partial charge in [-0.3, -0.25) is 14.4 Å². The molecular formula is C26H36O5. The Balaban J connectivity index is 1.72. The molecule has 0 aromatic heterocycles. The van der Waals surface area contributed by atoms with Gasteiger partial charge in [0.1, 0.15) is 11.9 Å². The van der Waals surface area contributed by atoms with E-state index in [0.717, 1.165) is 31.3 Å². The maximum Gasteiger partial charge on any atom is 0.302 e. The maximum absolute atomic E-state index is 13.3. The van der Waals surface area contributed by atoms with Gasteiger partial charge in [-0.25, -0.2) is 0 Å². The Hall–Kier alpha value is -1.75. The Bertz CT molecular complexity index is 854. The van der Waals surface area contributed by atoms with Crippen molar-refractivity contribution in [3.05, 3.63) is 23.3 Å². The van der Waals surface area contributed by atoms with Crippen LogP contribution < -0.4 is 0 Å². The van der Waals surface area contributed by atoms with E-state index in [1.54, 1.807) is 6.08 Å². The molecule has 0 aromatic carbocycles. The summed E-state index contributed by atoms with van der Waals surface area (Å²) in [6, 6.07) is 0. The average Bonchev–Trinajstić information content (AvgIpc) is 2.97. The normalized spacial score (nSPS) is 40.3. The molecule has 5 nitrogen and oxygen atoms in total. The molecule has 0 bridgehead atoms. The van der Waals surface area contributed by atoms with E-state index in [4.69, 9.17) is 9.47 Å². The Morgan fingerprint density at radius 3 is 2.65 bits per heavy atom. The summed E-state index contributed by atoms with van der Waals surface area (Å²) in [4.78, 5) is 37.4. The zero-order valence-corrected chi connectivity index (χ0v) is 19.5. The van der Waals surface area contributed by atoms with Crippen LogP contribution in [-0.4, -0.2) is 36.9 Å². The third-order valence-electron chi connectivity index (χ3n) is 9.14.